The van der Waals surface area contributed by atoms with E-state index in [2.05, 4.69) is 212 Å². The average molecular weight is 2020 g/mol. The molecule has 0 atom stereocenters. The molecule has 10 aromatic rings. The van der Waals surface area contributed by atoms with Crippen molar-refractivity contribution in [2.24, 2.45) is 27.1 Å². The number of nitrogens with zero attached hydrogens (tertiary/aromatic N) is 9. The smallest absolute Gasteiger partial charge is 0.311 e. The lowest BCUT2D eigenvalue weighted by atomic mass is 9.76. The van der Waals surface area contributed by atoms with Crippen molar-refractivity contribution in [3.63, 3.8) is 0 Å². The number of aromatic amines is 5. The second kappa shape index (κ2) is 50.7. The van der Waals surface area contributed by atoms with Crippen molar-refractivity contribution in [1.29, 1.82) is 5.26 Å². The van der Waals surface area contributed by atoms with Gasteiger partial charge in [-0.25, -0.2) is 15.0 Å². The summed E-state index contributed by atoms with van der Waals surface area (Å²) in [6, 6.07) is 27.8. The minimum atomic E-state index is -0.935. The lowest BCUT2D eigenvalue weighted by molar-refractivity contribution is -0.142. The number of nitrogens with one attached hydrogen (secondary N) is 11. The first-order valence-corrected chi connectivity index (χ1v) is 50.8. The van der Waals surface area contributed by atoms with Crippen molar-refractivity contribution in [1.82, 2.24) is 69.9 Å². The van der Waals surface area contributed by atoms with Crippen LogP contribution < -0.4 is 31.9 Å². The number of rotatable bonds is 32. The third-order valence-corrected chi connectivity index (χ3v) is 26.8. The highest BCUT2D eigenvalue weighted by Gasteiger charge is 2.33. The number of hydrogen-bond donors (Lipinski definition) is 13. The van der Waals surface area contributed by atoms with Crippen molar-refractivity contribution in [3.8, 4) is 6.07 Å². The van der Waals surface area contributed by atoms with E-state index in [-0.39, 0.29) is 100 Å². The van der Waals surface area contributed by atoms with Gasteiger partial charge in [0.25, 0.3) is 29.5 Å². The maximum Gasteiger partial charge on any atom is 0.311 e. The second-order valence-corrected chi connectivity index (χ2v) is 43.9. The van der Waals surface area contributed by atoms with E-state index in [1.807, 2.05) is 97.2 Å². The van der Waals surface area contributed by atoms with Gasteiger partial charge in [-0.3, -0.25) is 58.1 Å². The fourth-order valence-corrected chi connectivity index (χ4v) is 17.4. The lowest BCUT2D eigenvalue weighted by Crippen LogP contribution is -2.32. The van der Waals surface area contributed by atoms with Crippen molar-refractivity contribution in [2.45, 2.75) is 245 Å². The van der Waals surface area contributed by atoms with Gasteiger partial charge in [-0.15, -0.1) is 0 Å². The summed E-state index contributed by atoms with van der Waals surface area (Å²) < 4.78 is 11.3. The maximum absolute atomic E-state index is 12.8. The maximum atomic E-state index is 12.8. The molecule has 13 N–H and O–H groups in total. The van der Waals surface area contributed by atoms with Crippen molar-refractivity contribution >= 4 is 110 Å². The molecule has 33 heteroatoms. The molecule has 2 aromatic carbocycles. The SMILES string of the molecule is CCOC(=O)Cc1ccc(NC(=O)c2cc(C)c[nH]2)c(C2=CCC(C)(C)CC2)n1.CN(C)CCNC(=O)Cc1ccc(NC(=O)c2ncc(C#N)[nH]2)c(C2=CCC(C)(C)CC2)c1.Cc1c[nH]c(C(=O)Nc2ccc(CC(=O)O)nc2C2=CCC(C)(C)CC2)c1.Cc1cnc(C(=O)Nc2ccc(C(C)(C)OCCN(C)C)cc2C2=CCC(C)(C)CC2)[nH]1.Cc1cnc(C(=O)Nc2ccc(CC(=O)O)nc2C2=CCC(C)(C)CC2)[nH]1. The Morgan fingerprint density at radius 3 is 1.16 bits per heavy atom. The van der Waals surface area contributed by atoms with Gasteiger partial charge in [-0.1, -0.05) is 112 Å². The van der Waals surface area contributed by atoms with Crippen molar-refractivity contribution < 1.29 is 62.8 Å². The lowest BCUT2D eigenvalue weighted by Gasteiger charge is -2.31. The Balaban J connectivity index is 0.000000176. The standard InChI is InChI=1S/C26H38N4O2.C25H32N6O2.C23H29N3O3.C21H25N3O3.C20H24N4O3/c1-18-17-27-23(28-18)24(31)29-22-9-8-20(26(4,5)32-15-14-30(6)7)16-21(22)19-10-12-25(2,3)13-11-19;1-25(2)9-7-18(8-10-25)20-13-17(14-22(32)27-11-12-31(3)4)5-6-21(20)30-24(33)23-28-16-19(15-26)29-23;1-5-29-20(27)13-17-6-7-18(26-22(28)19-12-15(2)14-24-19)21(25-17)16-8-10-23(3,4)11-9-16;1-13-10-17(22-12-13)20(27)24-16-5-4-15(11-18(25)26)23-19(16)14-6-8-21(2,3)9-7-14;1-12-11-21-18(22-12)19(27)24-15-5-4-14(10-16(25)26)23-17(15)13-6-8-20(2,3)9-7-13/h8-10,16-17H,11-15H2,1-7H3,(H,27,28)(H,29,31);5-7,13,16H,8-12,14H2,1-4H3,(H,27,32)(H,28,29)(H,30,33);6-8,12,14,24H,5,9-11,13H2,1-4H3,(H,26,28);4-6,10,12,22H,7-9,11H2,1-3H3,(H,24,27)(H,25,26);4-6,11H,7-10H2,1-3H3,(H,21,22)(H,24,27)(H,25,26). The van der Waals surface area contributed by atoms with Crippen LogP contribution in [-0.4, -0.2) is 189 Å². The van der Waals surface area contributed by atoms with Crippen LogP contribution in [0.4, 0.5) is 28.4 Å². The summed E-state index contributed by atoms with van der Waals surface area (Å²) in [6.07, 6.45) is 33.8. The molecule has 0 bridgehead atoms. The third-order valence-electron chi connectivity index (χ3n) is 26.8. The highest BCUT2D eigenvalue weighted by molar-refractivity contribution is 6.07. The second-order valence-electron chi connectivity index (χ2n) is 43.9. The van der Waals surface area contributed by atoms with Gasteiger partial charge in [0.1, 0.15) is 23.2 Å². The van der Waals surface area contributed by atoms with Crippen LogP contribution in [0.3, 0.4) is 0 Å². The zero-order chi connectivity index (χ0) is 108. The van der Waals surface area contributed by atoms with Crippen LogP contribution in [-0.2, 0) is 59.9 Å². The van der Waals surface area contributed by atoms with E-state index in [9.17, 15) is 43.2 Å². The molecule has 148 heavy (non-hydrogen) atoms. The van der Waals surface area contributed by atoms with E-state index in [4.69, 9.17) is 29.9 Å². The number of aromatic nitrogens is 11. The Hall–Kier alpha value is -14.6. The monoisotopic (exact) mass is 2020 g/mol. The normalized spacial score (nSPS) is 15.7. The van der Waals surface area contributed by atoms with Crippen LogP contribution in [0.15, 0.2) is 146 Å². The minimum Gasteiger partial charge on any atom is -0.481 e. The van der Waals surface area contributed by atoms with Crippen LogP contribution in [0.2, 0.25) is 0 Å². The van der Waals surface area contributed by atoms with Gasteiger partial charge in [0, 0.05) is 78.3 Å². The number of anilines is 5. The molecule has 0 saturated heterocycles. The van der Waals surface area contributed by atoms with Gasteiger partial charge in [-0.2, -0.15) is 5.26 Å². The number of H-pyrrole nitrogens is 5. The molecular formula is C115H148N20O13. The zero-order valence-corrected chi connectivity index (χ0v) is 89.7. The van der Waals surface area contributed by atoms with E-state index in [1.165, 1.54) is 11.8 Å². The van der Waals surface area contributed by atoms with E-state index < -0.39 is 23.4 Å². The summed E-state index contributed by atoms with van der Waals surface area (Å²) in [7, 11) is 8.02. The van der Waals surface area contributed by atoms with Gasteiger partial charge in [0.15, 0.2) is 17.5 Å². The van der Waals surface area contributed by atoms with Gasteiger partial charge < -0.3 is 86.3 Å². The fourth-order valence-electron chi connectivity index (χ4n) is 17.4. The molecule has 8 aromatic heterocycles. The third kappa shape index (κ3) is 34.2. The summed E-state index contributed by atoms with van der Waals surface area (Å²) in [5.41, 5.74) is 22.3. The zero-order valence-electron chi connectivity index (χ0n) is 89.7. The molecule has 15 rings (SSSR count). The summed E-state index contributed by atoms with van der Waals surface area (Å²) in [6.45, 7) is 39.3. The average Bonchev–Trinajstić information content (AvgIpc) is 1.26. The first-order chi connectivity index (χ1) is 69.9. The number of benzene rings is 2. The van der Waals surface area contributed by atoms with Gasteiger partial charge in [0.2, 0.25) is 5.91 Å². The molecule has 0 fully saturated rings. The Kier molecular flexibility index (Phi) is 38.9. The molecule has 786 valence electrons. The number of hydrogen-bond acceptors (Lipinski definition) is 20. The highest BCUT2D eigenvalue weighted by Crippen LogP contribution is 2.46. The Morgan fingerprint density at radius 1 is 0.446 bits per heavy atom. The number of likely N-dealkylation sites (N-methyl/N-ethyl adjacent to an activating group) is 2. The van der Waals surface area contributed by atoms with Gasteiger partial charge in [-0.05, 0) is 323 Å². The number of imidazole rings is 3. The number of aryl methyl sites for hydroxylation is 4. The van der Waals surface area contributed by atoms with Crippen LogP contribution in [0.5, 0.6) is 0 Å². The molecule has 5 aliphatic carbocycles. The number of ether oxygens (including phenoxy) is 2. The minimum absolute atomic E-state index is 0.0297. The first kappa shape index (κ1) is 114. The largest absolute Gasteiger partial charge is 0.481 e. The van der Waals surface area contributed by atoms with E-state index in [0.717, 1.165) is 188 Å². The number of aliphatic carboxylic acids is 2. The summed E-state index contributed by atoms with van der Waals surface area (Å²) in [5.74, 6) is -3.01. The number of carbonyl (C=O) groups is 9. The molecule has 0 saturated carbocycles. The van der Waals surface area contributed by atoms with Crippen molar-refractivity contribution in [2.75, 3.05) is 87.6 Å². The van der Waals surface area contributed by atoms with Gasteiger partial charge in [0.05, 0.1) is 102 Å². The van der Waals surface area contributed by atoms with E-state index >= 15 is 0 Å². The number of nitriles is 1. The summed E-state index contributed by atoms with van der Waals surface area (Å²) >= 11 is 0. The predicted octanol–water partition coefficient (Wildman–Crippen LogP) is 21.2. The first-order valence-electron chi connectivity index (χ1n) is 50.8. The summed E-state index contributed by atoms with van der Waals surface area (Å²) in [5, 5.41) is 44.8. The predicted molar refractivity (Wildman–Crippen MR) is 580 cm³/mol. The molecule has 0 unspecified atom stereocenters. The number of carboxylic acids is 2. The van der Waals surface area contributed by atoms with Gasteiger partial charge >= 0.3 is 17.9 Å². The Bertz CT molecular complexity index is 6510. The highest BCUT2D eigenvalue weighted by atomic mass is 16.5. The molecule has 0 radical (unpaired) electrons. The number of amides is 6. The van der Waals surface area contributed by atoms with Crippen LogP contribution in [0.1, 0.15) is 324 Å². The Labute approximate surface area is 868 Å². The van der Waals surface area contributed by atoms with E-state index in [0.29, 0.717) is 93.6 Å². The molecule has 0 spiro atoms. The number of carboxylic acid groups (broad SMARTS) is 2. The van der Waals surface area contributed by atoms with Crippen LogP contribution in [0.25, 0.3) is 27.9 Å². The van der Waals surface area contributed by atoms with Crippen molar-refractivity contribution in [3.05, 3.63) is 260 Å². The van der Waals surface area contributed by atoms with Crippen LogP contribution in [0, 0.1) is 66.1 Å². The Morgan fingerprint density at radius 2 is 0.811 bits per heavy atom. The molecule has 6 amide bonds. The molecule has 0 aliphatic heterocycles. The quantitative estimate of drug-likeness (QED) is 0.0174. The van der Waals surface area contributed by atoms with E-state index in [1.54, 1.807) is 74.2 Å². The van der Waals surface area contributed by atoms with Crippen LogP contribution >= 0.6 is 0 Å². The molecule has 8 heterocycles. The number of pyridine rings is 3. The molecule has 33 nitrogen and oxygen atoms in total. The topological polar surface area (TPSA) is 471 Å². The number of carbonyl (C=O) groups excluding carboxylic acids is 7. The molecular weight excluding hydrogens is 1870 g/mol. The number of allylic oxidation sites excluding steroid dienone is 10. The fraction of sp³-hybridized carbons (Fsp3) is 0.443. The molecule has 5 aliphatic rings. The summed E-state index contributed by atoms with van der Waals surface area (Å²) in [4.78, 5) is 154. The number of esters is 1.